The molecular weight excluding hydrogens is 432 g/mol. The number of hydrogen-bond acceptors (Lipinski definition) is 5. The van der Waals surface area contributed by atoms with Gasteiger partial charge < -0.3 is 19.7 Å². The van der Waals surface area contributed by atoms with Crippen molar-refractivity contribution in [1.82, 2.24) is 10.2 Å². The minimum atomic E-state index is -0.966. The van der Waals surface area contributed by atoms with Gasteiger partial charge in [-0.3, -0.25) is 9.59 Å². The van der Waals surface area contributed by atoms with Crippen LogP contribution in [0.5, 0.6) is 0 Å². The van der Waals surface area contributed by atoms with E-state index in [9.17, 15) is 14.4 Å². The van der Waals surface area contributed by atoms with E-state index in [1.54, 1.807) is 4.90 Å². The molecule has 34 heavy (non-hydrogen) atoms. The van der Waals surface area contributed by atoms with Gasteiger partial charge in [0, 0.05) is 43.0 Å². The molecule has 1 aliphatic carbocycles. The van der Waals surface area contributed by atoms with Gasteiger partial charge in [-0.1, -0.05) is 18.1 Å². The van der Waals surface area contributed by atoms with Crippen LogP contribution in [0.2, 0.25) is 0 Å². The third-order valence-electron chi connectivity index (χ3n) is 6.57. The number of aryl methyl sites for hydroxylation is 1. The van der Waals surface area contributed by atoms with E-state index in [1.165, 1.54) is 7.11 Å². The highest BCUT2D eigenvalue weighted by Gasteiger charge is 2.53. The molecule has 0 radical (unpaired) electrons. The molecule has 1 aliphatic heterocycles. The first-order chi connectivity index (χ1) is 16.2. The van der Waals surface area contributed by atoms with Gasteiger partial charge in [0.05, 0.1) is 7.11 Å². The van der Waals surface area contributed by atoms with Crippen LogP contribution in [0.25, 0.3) is 0 Å². The smallest absolute Gasteiger partial charge is 0.409 e. The van der Waals surface area contributed by atoms with Crippen molar-refractivity contribution < 1.29 is 23.9 Å². The van der Waals surface area contributed by atoms with Crippen LogP contribution < -0.4 is 5.32 Å². The number of methoxy groups -OCH3 is 1. The number of rotatable bonds is 6. The molecule has 1 saturated heterocycles. The Morgan fingerprint density at radius 3 is 2.74 bits per heavy atom. The molecule has 7 heteroatoms. The minimum absolute atomic E-state index is 0.0684. The molecule has 1 saturated carbocycles. The van der Waals surface area contributed by atoms with Crippen LogP contribution in [-0.2, 0) is 19.1 Å². The summed E-state index contributed by atoms with van der Waals surface area (Å²) < 4.78 is 11.1. The normalized spacial score (nSPS) is 23.5. The van der Waals surface area contributed by atoms with Gasteiger partial charge >= 0.3 is 12.1 Å². The maximum Gasteiger partial charge on any atom is 0.409 e. The van der Waals surface area contributed by atoms with E-state index in [4.69, 9.17) is 9.47 Å². The average molecular weight is 469 g/mol. The third kappa shape index (κ3) is 6.31. The highest BCUT2D eigenvalue weighted by molar-refractivity contribution is 5.77. The molecule has 3 rings (SSSR count). The monoisotopic (exact) mass is 468 g/mol. The second-order valence-electron chi connectivity index (χ2n) is 9.58. The van der Waals surface area contributed by atoms with Crippen molar-refractivity contribution in [3.63, 3.8) is 0 Å². The van der Waals surface area contributed by atoms with Crippen LogP contribution in [0.3, 0.4) is 0 Å². The average Bonchev–Trinajstić information content (AvgIpc) is 3.22. The summed E-state index contributed by atoms with van der Waals surface area (Å²) in [5.74, 6) is 6.07. The lowest BCUT2D eigenvalue weighted by Crippen LogP contribution is -2.51. The summed E-state index contributed by atoms with van der Waals surface area (Å²) >= 11 is 0. The largest absolute Gasteiger partial charge is 0.453 e. The lowest BCUT2D eigenvalue weighted by atomic mass is 9.72. The Labute approximate surface area is 202 Å². The van der Waals surface area contributed by atoms with Gasteiger partial charge in [-0.2, -0.15) is 0 Å². The van der Waals surface area contributed by atoms with Crippen molar-refractivity contribution in [2.75, 3.05) is 13.7 Å². The van der Waals surface area contributed by atoms with Gasteiger partial charge in [0.2, 0.25) is 5.91 Å². The Kier molecular flexibility index (Phi) is 8.60. The van der Waals surface area contributed by atoms with E-state index in [1.807, 2.05) is 45.0 Å². The molecule has 1 heterocycles. The lowest BCUT2D eigenvalue weighted by Gasteiger charge is -2.42. The maximum absolute atomic E-state index is 12.9. The Balaban J connectivity index is 1.80. The number of carbonyl (C=O) groups excluding carboxylic acids is 3. The summed E-state index contributed by atoms with van der Waals surface area (Å²) in [6, 6.07) is 7.91. The molecule has 184 valence electrons. The van der Waals surface area contributed by atoms with Crippen molar-refractivity contribution in [2.45, 2.75) is 83.4 Å². The SMILES string of the molecule is COC(=O)N1CC[C@@H]2[C@H]1CCC[C@]2(C#Cc1cccc(C)c1)OC(=O)CCCC(=O)NC(C)C. The third-order valence-corrected chi connectivity index (χ3v) is 6.57. The molecular formula is C27H36N2O5. The molecule has 2 fully saturated rings. The van der Waals surface area contributed by atoms with Crippen molar-refractivity contribution in [3.8, 4) is 11.8 Å². The van der Waals surface area contributed by atoms with E-state index in [2.05, 4.69) is 17.2 Å². The number of esters is 1. The summed E-state index contributed by atoms with van der Waals surface area (Å²) in [5.41, 5.74) is 1.01. The quantitative estimate of drug-likeness (QED) is 0.505. The van der Waals surface area contributed by atoms with Crippen molar-refractivity contribution in [1.29, 1.82) is 0 Å². The number of carbonyl (C=O) groups is 3. The second kappa shape index (κ2) is 11.4. The molecule has 2 aliphatic rings. The van der Waals surface area contributed by atoms with Gasteiger partial charge in [0.25, 0.3) is 0 Å². The van der Waals surface area contributed by atoms with E-state index in [-0.39, 0.29) is 48.8 Å². The molecule has 0 unspecified atom stereocenters. The molecule has 1 N–H and O–H groups in total. The second-order valence-corrected chi connectivity index (χ2v) is 9.58. The lowest BCUT2D eigenvalue weighted by molar-refractivity contribution is -0.162. The van der Waals surface area contributed by atoms with Gasteiger partial charge in [-0.05, 0) is 76.5 Å². The highest BCUT2D eigenvalue weighted by Crippen LogP contribution is 2.45. The number of hydrogen-bond donors (Lipinski definition) is 1. The van der Waals surface area contributed by atoms with Crippen molar-refractivity contribution in [2.24, 2.45) is 5.92 Å². The minimum Gasteiger partial charge on any atom is -0.453 e. The number of ether oxygens (including phenoxy) is 2. The number of nitrogens with one attached hydrogen (secondary N) is 1. The van der Waals surface area contributed by atoms with E-state index < -0.39 is 5.60 Å². The predicted molar refractivity (Wildman–Crippen MR) is 129 cm³/mol. The van der Waals surface area contributed by atoms with Gasteiger partial charge in [-0.15, -0.1) is 0 Å². The predicted octanol–water partition coefficient (Wildman–Crippen LogP) is 3.96. The summed E-state index contributed by atoms with van der Waals surface area (Å²) in [7, 11) is 1.39. The van der Waals surface area contributed by atoms with Crippen molar-refractivity contribution >= 4 is 18.0 Å². The standard InChI is InChI=1S/C27H36N2O5/c1-19(2)28-24(30)11-6-12-25(31)34-27(16-13-21-9-5-8-20(3)18-21)15-7-10-23-22(27)14-17-29(23)26(32)33-4/h5,8-9,18-19,22-23H,6-7,10-12,14-15,17H2,1-4H3,(H,28,30)/t22-,23-,27-/m1/s1. The molecule has 0 spiro atoms. The summed E-state index contributed by atoms with van der Waals surface area (Å²) in [6.45, 7) is 6.38. The van der Waals surface area contributed by atoms with E-state index in [0.29, 0.717) is 25.8 Å². The fourth-order valence-corrected chi connectivity index (χ4v) is 5.11. The molecule has 0 bridgehead atoms. The first kappa shape index (κ1) is 25.6. The molecule has 1 aromatic carbocycles. The zero-order valence-corrected chi connectivity index (χ0v) is 20.7. The van der Waals surface area contributed by atoms with Crippen LogP contribution >= 0.6 is 0 Å². The Morgan fingerprint density at radius 1 is 1.24 bits per heavy atom. The van der Waals surface area contributed by atoms with Crippen LogP contribution in [0.15, 0.2) is 24.3 Å². The number of fused-ring (bicyclic) bond motifs is 1. The summed E-state index contributed by atoms with van der Waals surface area (Å²) in [5, 5.41) is 2.84. The summed E-state index contributed by atoms with van der Waals surface area (Å²) in [4.78, 5) is 38.9. The van der Waals surface area contributed by atoms with Gasteiger partial charge in [0.1, 0.15) is 0 Å². The van der Waals surface area contributed by atoms with Crippen molar-refractivity contribution in [3.05, 3.63) is 35.4 Å². The zero-order valence-electron chi connectivity index (χ0n) is 20.7. The van der Waals surface area contributed by atoms with Crippen LogP contribution in [0, 0.1) is 24.7 Å². The molecule has 7 nitrogen and oxygen atoms in total. The Morgan fingerprint density at radius 2 is 2.03 bits per heavy atom. The number of amides is 2. The highest BCUT2D eigenvalue weighted by atomic mass is 16.6. The number of likely N-dealkylation sites (tertiary alicyclic amines) is 1. The fraction of sp³-hybridized carbons (Fsp3) is 0.593. The molecule has 2 amide bonds. The van der Waals surface area contributed by atoms with Gasteiger partial charge in [-0.25, -0.2) is 4.79 Å². The fourth-order valence-electron chi connectivity index (χ4n) is 5.11. The maximum atomic E-state index is 12.9. The Bertz CT molecular complexity index is 963. The first-order valence-electron chi connectivity index (χ1n) is 12.2. The molecule has 0 aromatic heterocycles. The van der Waals surface area contributed by atoms with Crippen LogP contribution in [0.1, 0.15) is 69.9 Å². The molecule has 1 aromatic rings. The Hall–Kier alpha value is -3.01. The molecule has 3 atom stereocenters. The van der Waals surface area contributed by atoms with Crippen LogP contribution in [0.4, 0.5) is 4.79 Å². The van der Waals surface area contributed by atoms with Crippen LogP contribution in [-0.4, -0.2) is 54.2 Å². The van der Waals surface area contributed by atoms with Gasteiger partial charge in [0.15, 0.2) is 5.60 Å². The first-order valence-corrected chi connectivity index (χ1v) is 12.2. The van der Waals surface area contributed by atoms with E-state index in [0.717, 1.165) is 24.0 Å². The summed E-state index contributed by atoms with van der Waals surface area (Å²) in [6.07, 6.45) is 3.45. The number of benzene rings is 1. The zero-order chi connectivity index (χ0) is 24.7. The number of nitrogens with zero attached hydrogens (tertiary/aromatic N) is 1. The topological polar surface area (TPSA) is 84.9 Å². The van der Waals surface area contributed by atoms with E-state index >= 15 is 0 Å².